The number of amides is 3. The maximum Gasteiger partial charge on any atom is 0.322 e. The molecule has 0 aromatic carbocycles. The molecule has 3 amide bonds. The first-order valence-electron chi connectivity index (χ1n) is 8.44. The van der Waals surface area contributed by atoms with Gasteiger partial charge in [-0.05, 0) is 32.1 Å². The molecule has 2 aliphatic heterocycles. The minimum Gasteiger partial charge on any atom is -0.368 e. The number of nitrogen functional groups attached to an aromatic ring is 1. The van der Waals surface area contributed by atoms with E-state index >= 15 is 0 Å². The Kier molecular flexibility index (Phi) is 4.29. The van der Waals surface area contributed by atoms with E-state index in [9.17, 15) is 9.59 Å². The number of carbonyl (C=O) groups excluding carboxylic acids is 2. The fourth-order valence-corrected chi connectivity index (χ4v) is 3.91. The molecule has 2 saturated heterocycles. The molecule has 24 heavy (non-hydrogen) atoms. The van der Waals surface area contributed by atoms with Crippen molar-refractivity contribution in [2.24, 2.45) is 5.92 Å². The lowest BCUT2D eigenvalue weighted by molar-refractivity contribution is -0.126. The van der Waals surface area contributed by atoms with Crippen molar-refractivity contribution in [3.8, 4) is 0 Å². The zero-order valence-electron chi connectivity index (χ0n) is 14.1. The topological polar surface area (TPSA) is 113 Å². The summed E-state index contributed by atoms with van der Waals surface area (Å²) in [5, 5.41) is 5.30. The Morgan fingerprint density at radius 1 is 1.33 bits per heavy atom. The SMILES string of the molecule is CCCC1(C2CCN(c3cc(C)nc(N)n3)CC2)NC(=O)NC1=O. The molecule has 130 valence electrons. The number of urea groups is 1. The van der Waals surface area contributed by atoms with E-state index in [-0.39, 0.29) is 23.8 Å². The summed E-state index contributed by atoms with van der Waals surface area (Å²) in [6, 6.07) is 1.54. The van der Waals surface area contributed by atoms with Crippen molar-refractivity contribution in [3.05, 3.63) is 11.8 Å². The van der Waals surface area contributed by atoms with Crippen molar-refractivity contribution in [2.75, 3.05) is 23.7 Å². The van der Waals surface area contributed by atoms with Crippen LogP contribution in [0.4, 0.5) is 16.6 Å². The van der Waals surface area contributed by atoms with Gasteiger partial charge in [-0.15, -0.1) is 0 Å². The molecule has 3 heterocycles. The van der Waals surface area contributed by atoms with Crippen molar-refractivity contribution in [1.29, 1.82) is 0 Å². The Labute approximate surface area is 141 Å². The molecular weight excluding hydrogens is 308 g/mol. The summed E-state index contributed by atoms with van der Waals surface area (Å²) in [6.07, 6.45) is 3.14. The largest absolute Gasteiger partial charge is 0.368 e. The number of anilines is 2. The lowest BCUT2D eigenvalue weighted by Gasteiger charge is -2.41. The van der Waals surface area contributed by atoms with Crippen molar-refractivity contribution in [2.45, 2.75) is 45.1 Å². The first kappa shape index (κ1) is 16.5. The van der Waals surface area contributed by atoms with Crippen molar-refractivity contribution >= 4 is 23.7 Å². The maximum absolute atomic E-state index is 12.4. The van der Waals surface area contributed by atoms with Crippen LogP contribution >= 0.6 is 0 Å². The number of nitrogens with two attached hydrogens (primary N) is 1. The standard InChI is InChI=1S/C16H24N6O2/c1-3-6-16(13(23)20-15(24)21-16)11-4-7-22(8-5-11)12-9-10(2)18-14(17)19-12/h9,11H,3-8H2,1-2H3,(H2,17,18,19)(H2,20,21,23,24). The van der Waals surface area contributed by atoms with Crippen LogP contribution in [0, 0.1) is 12.8 Å². The number of hydrogen-bond acceptors (Lipinski definition) is 6. The quantitative estimate of drug-likeness (QED) is 0.708. The summed E-state index contributed by atoms with van der Waals surface area (Å²) in [7, 11) is 0. The second-order valence-corrected chi connectivity index (χ2v) is 6.62. The first-order valence-corrected chi connectivity index (χ1v) is 8.44. The lowest BCUT2D eigenvalue weighted by Crippen LogP contribution is -2.56. The Balaban J connectivity index is 1.74. The molecule has 0 spiro atoms. The van der Waals surface area contributed by atoms with Crippen LogP contribution in [0.25, 0.3) is 0 Å². The van der Waals surface area contributed by atoms with Crippen LogP contribution in [0.2, 0.25) is 0 Å². The Hall–Kier alpha value is -2.38. The minimum atomic E-state index is -0.765. The minimum absolute atomic E-state index is 0.125. The lowest BCUT2D eigenvalue weighted by atomic mass is 9.75. The molecule has 1 aromatic rings. The molecule has 0 saturated carbocycles. The number of carbonyl (C=O) groups is 2. The third-order valence-electron chi connectivity index (χ3n) is 4.99. The van der Waals surface area contributed by atoms with Gasteiger partial charge in [-0.25, -0.2) is 9.78 Å². The highest BCUT2D eigenvalue weighted by Crippen LogP contribution is 2.35. The second kappa shape index (κ2) is 6.26. The van der Waals surface area contributed by atoms with Gasteiger partial charge in [-0.3, -0.25) is 10.1 Å². The molecule has 3 rings (SSSR count). The molecule has 1 unspecified atom stereocenters. The molecule has 0 aliphatic carbocycles. The molecule has 0 bridgehead atoms. The van der Waals surface area contributed by atoms with Crippen molar-refractivity contribution in [3.63, 3.8) is 0 Å². The van der Waals surface area contributed by atoms with Gasteiger partial charge in [0.1, 0.15) is 11.4 Å². The van der Waals surface area contributed by atoms with Crippen LogP contribution in [0.15, 0.2) is 6.07 Å². The molecule has 8 nitrogen and oxygen atoms in total. The highest BCUT2D eigenvalue weighted by atomic mass is 16.2. The number of nitrogens with zero attached hydrogens (tertiary/aromatic N) is 3. The van der Waals surface area contributed by atoms with Crippen molar-refractivity contribution in [1.82, 2.24) is 20.6 Å². The molecule has 0 radical (unpaired) electrons. The van der Waals surface area contributed by atoms with Gasteiger partial charge in [0.15, 0.2) is 0 Å². The van der Waals surface area contributed by atoms with Gasteiger partial charge in [0.2, 0.25) is 5.95 Å². The van der Waals surface area contributed by atoms with E-state index in [4.69, 9.17) is 5.73 Å². The first-order chi connectivity index (χ1) is 11.4. The van der Waals surface area contributed by atoms with Gasteiger partial charge in [0.05, 0.1) is 0 Å². The van der Waals surface area contributed by atoms with E-state index in [1.807, 2.05) is 19.9 Å². The normalized spacial score (nSPS) is 24.8. The Morgan fingerprint density at radius 2 is 2.04 bits per heavy atom. The summed E-state index contributed by atoms with van der Waals surface area (Å²) in [4.78, 5) is 34.6. The van der Waals surface area contributed by atoms with E-state index in [1.165, 1.54) is 0 Å². The monoisotopic (exact) mass is 332 g/mol. The average molecular weight is 332 g/mol. The third-order valence-corrected chi connectivity index (χ3v) is 4.99. The highest BCUT2D eigenvalue weighted by molar-refractivity contribution is 6.07. The van der Waals surface area contributed by atoms with E-state index in [1.54, 1.807) is 0 Å². The summed E-state index contributed by atoms with van der Waals surface area (Å²) >= 11 is 0. The van der Waals surface area contributed by atoms with Gasteiger partial charge >= 0.3 is 6.03 Å². The third kappa shape index (κ3) is 2.88. The van der Waals surface area contributed by atoms with Crippen LogP contribution in [0.1, 0.15) is 38.3 Å². The van der Waals surface area contributed by atoms with E-state index in [0.717, 1.165) is 43.9 Å². The van der Waals surface area contributed by atoms with Crippen LogP contribution in [0.5, 0.6) is 0 Å². The smallest absolute Gasteiger partial charge is 0.322 e. The number of hydrogen-bond donors (Lipinski definition) is 3. The van der Waals surface area contributed by atoms with Gasteiger partial charge < -0.3 is 16.0 Å². The summed E-state index contributed by atoms with van der Waals surface area (Å²) in [6.45, 7) is 5.47. The van der Waals surface area contributed by atoms with Gasteiger partial charge in [0.25, 0.3) is 5.91 Å². The van der Waals surface area contributed by atoms with Gasteiger partial charge in [0, 0.05) is 24.8 Å². The Bertz CT molecular complexity index is 636. The van der Waals surface area contributed by atoms with Crippen LogP contribution in [0.3, 0.4) is 0 Å². The number of aromatic nitrogens is 2. The summed E-state index contributed by atoms with van der Waals surface area (Å²) < 4.78 is 0. The van der Waals surface area contributed by atoms with E-state index in [0.29, 0.717) is 6.42 Å². The second-order valence-electron chi connectivity index (χ2n) is 6.62. The molecular formula is C16H24N6O2. The van der Waals surface area contributed by atoms with Gasteiger partial charge in [-0.2, -0.15) is 4.98 Å². The molecule has 4 N–H and O–H groups in total. The van der Waals surface area contributed by atoms with E-state index in [2.05, 4.69) is 25.5 Å². The highest BCUT2D eigenvalue weighted by Gasteiger charge is 2.51. The number of aryl methyl sites for hydroxylation is 1. The van der Waals surface area contributed by atoms with Gasteiger partial charge in [-0.1, -0.05) is 13.3 Å². The van der Waals surface area contributed by atoms with Crippen LogP contribution in [-0.4, -0.2) is 40.5 Å². The van der Waals surface area contributed by atoms with E-state index < -0.39 is 5.54 Å². The fourth-order valence-electron chi connectivity index (χ4n) is 3.91. The summed E-state index contributed by atoms with van der Waals surface area (Å²) in [5.74, 6) is 1.04. The zero-order valence-corrected chi connectivity index (χ0v) is 14.1. The number of rotatable bonds is 4. The maximum atomic E-state index is 12.4. The Morgan fingerprint density at radius 3 is 2.58 bits per heavy atom. The zero-order chi connectivity index (χ0) is 17.3. The fraction of sp³-hybridized carbons (Fsp3) is 0.625. The summed E-state index contributed by atoms with van der Waals surface area (Å²) in [5.41, 5.74) is 5.81. The average Bonchev–Trinajstić information content (AvgIpc) is 2.82. The molecule has 1 aromatic heterocycles. The predicted molar refractivity (Wildman–Crippen MR) is 90.4 cm³/mol. The number of imide groups is 1. The number of nitrogens with one attached hydrogen (secondary N) is 2. The number of piperidine rings is 1. The predicted octanol–water partition coefficient (Wildman–Crippen LogP) is 0.962. The van der Waals surface area contributed by atoms with Crippen LogP contribution < -0.4 is 21.3 Å². The molecule has 8 heteroatoms. The molecule has 1 atom stereocenters. The van der Waals surface area contributed by atoms with Crippen LogP contribution in [-0.2, 0) is 4.79 Å². The molecule has 2 fully saturated rings. The molecule has 2 aliphatic rings. The van der Waals surface area contributed by atoms with Crippen molar-refractivity contribution < 1.29 is 9.59 Å².